The number of nitrogens with zero attached hydrogens (tertiary/aromatic N) is 1. The summed E-state index contributed by atoms with van der Waals surface area (Å²) in [6, 6.07) is 12.6. The van der Waals surface area contributed by atoms with Crippen LogP contribution in [0.5, 0.6) is 0 Å². The quantitative estimate of drug-likeness (QED) is 0.492. The Morgan fingerprint density at radius 2 is 1.77 bits per heavy atom. The predicted molar refractivity (Wildman–Crippen MR) is 96.1 cm³/mol. The second kappa shape index (κ2) is 7.15. The maximum Gasteiger partial charge on any atom is 0.249 e. The molecule has 22 heavy (non-hydrogen) atoms. The van der Waals surface area contributed by atoms with Crippen LogP contribution in [-0.4, -0.2) is 8.32 Å². The smallest absolute Gasteiger partial charge is 0.249 e. The van der Waals surface area contributed by atoms with Crippen molar-refractivity contribution in [3.8, 4) is 6.07 Å². The zero-order valence-electron chi connectivity index (χ0n) is 14.8. The molecule has 1 atom stereocenters. The van der Waals surface area contributed by atoms with Gasteiger partial charge in [0.25, 0.3) is 0 Å². The molecule has 0 aliphatic heterocycles. The van der Waals surface area contributed by atoms with Crippen LogP contribution < -0.4 is 0 Å². The van der Waals surface area contributed by atoms with E-state index >= 15 is 0 Å². The molecular formula is C19H29NOSi. The second-order valence-corrected chi connectivity index (χ2v) is 12.1. The second-order valence-electron chi connectivity index (χ2n) is 7.37. The van der Waals surface area contributed by atoms with Crippen LogP contribution in [0.1, 0.15) is 46.1 Å². The minimum atomic E-state index is -1.77. The van der Waals surface area contributed by atoms with Gasteiger partial charge in [-0.1, -0.05) is 58.0 Å². The topological polar surface area (TPSA) is 33.0 Å². The summed E-state index contributed by atoms with van der Waals surface area (Å²) in [6.45, 7) is 13.2. The fourth-order valence-electron chi connectivity index (χ4n) is 2.06. The molecule has 0 amide bonds. The monoisotopic (exact) mass is 315 g/mol. The average molecular weight is 316 g/mol. The van der Waals surface area contributed by atoms with Crippen molar-refractivity contribution in [1.29, 1.82) is 5.26 Å². The van der Waals surface area contributed by atoms with Crippen molar-refractivity contribution < 1.29 is 4.43 Å². The maximum absolute atomic E-state index is 9.70. The van der Waals surface area contributed by atoms with E-state index in [0.29, 0.717) is 6.42 Å². The van der Waals surface area contributed by atoms with E-state index in [1.807, 2.05) is 42.7 Å². The van der Waals surface area contributed by atoms with E-state index < -0.39 is 13.7 Å². The number of nitriles is 1. The van der Waals surface area contributed by atoms with E-state index in [9.17, 15) is 5.26 Å². The van der Waals surface area contributed by atoms with Crippen molar-refractivity contribution in [2.24, 2.45) is 0 Å². The Labute approximate surface area is 136 Å². The Balaban J connectivity index is 2.83. The largest absolute Gasteiger partial charge is 0.549 e. The Kier molecular flexibility index (Phi) is 6.02. The molecule has 1 aromatic rings. The molecule has 0 aliphatic carbocycles. The van der Waals surface area contributed by atoms with Gasteiger partial charge < -0.3 is 4.43 Å². The zero-order valence-corrected chi connectivity index (χ0v) is 15.8. The summed E-state index contributed by atoms with van der Waals surface area (Å²) in [4.78, 5) is 0. The maximum atomic E-state index is 9.70. The summed E-state index contributed by atoms with van der Waals surface area (Å²) in [7, 11) is -1.77. The van der Waals surface area contributed by atoms with E-state index in [-0.39, 0.29) is 5.04 Å². The van der Waals surface area contributed by atoms with Crippen molar-refractivity contribution >= 4 is 8.32 Å². The molecule has 2 nitrogen and oxygen atoms in total. The van der Waals surface area contributed by atoms with E-state index in [2.05, 4.69) is 46.9 Å². The third-order valence-electron chi connectivity index (χ3n) is 4.88. The Morgan fingerprint density at radius 3 is 2.23 bits per heavy atom. The molecule has 0 spiro atoms. The standard InChI is InChI=1S/C19H29NOSi/c1-7-19(16-20,17-12-9-8-10-13-17)14-11-15-21-22(5,6)18(2,3)4/h8-13,15H,7,14H2,1-6H3/b15-11-. The van der Waals surface area contributed by atoms with Crippen LogP contribution in [0.4, 0.5) is 0 Å². The summed E-state index contributed by atoms with van der Waals surface area (Å²) < 4.78 is 6.06. The van der Waals surface area contributed by atoms with Crippen LogP contribution in [0.25, 0.3) is 0 Å². The molecule has 1 aromatic carbocycles. The van der Waals surface area contributed by atoms with Crippen molar-refractivity contribution in [1.82, 2.24) is 0 Å². The van der Waals surface area contributed by atoms with E-state index in [4.69, 9.17) is 4.43 Å². The first-order chi connectivity index (χ1) is 10.2. The summed E-state index contributed by atoms with van der Waals surface area (Å²) in [5.74, 6) is 0. The molecule has 3 heteroatoms. The summed E-state index contributed by atoms with van der Waals surface area (Å²) >= 11 is 0. The van der Waals surface area contributed by atoms with E-state index in [1.54, 1.807) is 0 Å². The summed E-state index contributed by atoms with van der Waals surface area (Å²) in [6.07, 6.45) is 5.30. The van der Waals surface area contributed by atoms with Gasteiger partial charge in [0.15, 0.2) is 0 Å². The molecule has 0 saturated heterocycles. The van der Waals surface area contributed by atoms with Gasteiger partial charge in [-0.3, -0.25) is 0 Å². The molecule has 1 unspecified atom stereocenters. The van der Waals surface area contributed by atoms with E-state index in [1.165, 1.54) is 0 Å². The normalized spacial score (nSPS) is 15.3. The minimum absolute atomic E-state index is 0.188. The Bertz CT molecular complexity index is 537. The van der Waals surface area contributed by atoms with Crippen LogP contribution in [0, 0.1) is 11.3 Å². The molecule has 0 aliphatic rings. The third kappa shape index (κ3) is 4.24. The highest BCUT2D eigenvalue weighted by molar-refractivity contribution is 6.74. The molecule has 0 aromatic heterocycles. The van der Waals surface area contributed by atoms with Gasteiger partial charge in [-0.25, -0.2) is 0 Å². The Morgan fingerprint density at radius 1 is 1.18 bits per heavy atom. The van der Waals surface area contributed by atoms with Crippen molar-refractivity contribution in [2.75, 3.05) is 0 Å². The predicted octanol–water partition coefficient (Wildman–Crippen LogP) is 5.78. The van der Waals surface area contributed by atoms with Gasteiger partial charge in [0.2, 0.25) is 8.32 Å². The number of allylic oxidation sites excluding steroid dienone is 1. The first-order valence-corrected chi connectivity index (χ1v) is 10.9. The molecular weight excluding hydrogens is 286 g/mol. The SMILES string of the molecule is CCC(C#N)(C/C=C\O[Si](C)(C)C(C)(C)C)c1ccccc1. The molecule has 0 bridgehead atoms. The van der Waals surface area contributed by atoms with Crippen molar-refractivity contribution in [2.45, 2.75) is 64.1 Å². The van der Waals surface area contributed by atoms with Crippen molar-refractivity contribution in [3.63, 3.8) is 0 Å². The molecule has 0 fully saturated rings. The van der Waals surface area contributed by atoms with Gasteiger partial charge in [-0.05, 0) is 42.6 Å². The van der Waals surface area contributed by atoms with Crippen LogP contribution >= 0.6 is 0 Å². The van der Waals surface area contributed by atoms with Crippen LogP contribution in [0.2, 0.25) is 18.1 Å². The fraction of sp³-hybridized carbons (Fsp3) is 0.526. The van der Waals surface area contributed by atoms with Crippen molar-refractivity contribution in [3.05, 3.63) is 48.2 Å². The number of rotatable bonds is 6. The van der Waals surface area contributed by atoms with Gasteiger partial charge >= 0.3 is 0 Å². The highest BCUT2D eigenvalue weighted by Crippen LogP contribution is 2.37. The number of hydrogen-bond acceptors (Lipinski definition) is 2. The lowest BCUT2D eigenvalue weighted by molar-refractivity contribution is 0.424. The van der Waals surface area contributed by atoms with Gasteiger partial charge in [0.05, 0.1) is 17.7 Å². The third-order valence-corrected chi connectivity index (χ3v) is 9.21. The molecule has 1 rings (SSSR count). The molecule has 0 heterocycles. The fourth-order valence-corrected chi connectivity index (χ4v) is 2.85. The molecule has 120 valence electrons. The van der Waals surface area contributed by atoms with Crippen LogP contribution in [-0.2, 0) is 9.84 Å². The van der Waals surface area contributed by atoms with Crippen LogP contribution in [0.3, 0.4) is 0 Å². The highest BCUT2D eigenvalue weighted by Gasteiger charge is 2.38. The lowest BCUT2D eigenvalue weighted by Gasteiger charge is -2.35. The molecule has 0 saturated carbocycles. The lowest BCUT2D eigenvalue weighted by Crippen LogP contribution is -2.39. The number of benzene rings is 1. The highest BCUT2D eigenvalue weighted by atomic mass is 28.4. The van der Waals surface area contributed by atoms with Gasteiger partial charge in [0.1, 0.15) is 0 Å². The van der Waals surface area contributed by atoms with E-state index in [0.717, 1.165) is 12.0 Å². The van der Waals surface area contributed by atoms with Gasteiger partial charge in [-0.15, -0.1) is 0 Å². The summed E-state index contributed by atoms with van der Waals surface area (Å²) in [5.41, 5.74) is 0.617. The number of hydrogen-bond donors (Lipinski definition) is 0. The van der Waals surface area contributed by atoms with Gasteiger partial charge in [-0.2, -0.15) is 5.26 Å². The lowest BCUT2D eigenvalue weighted by atomic mass is 9.77. The molecule has 0 radical (unpaired) electrons. The Hall–Kier alpha value is -1.53. The zero-order chi connectivity index (χ0) is 16.9. The molecule has 0 N–H and O–H groups in total. The van der Waals surface area contributed by atoms with Gasteiger partial charge in [0, 0.05) is 0 Å². The minimum Gasteiger partial charge on any atom is -0.549 e. The first-order valence-electron chi connectivity index (χ1n) is 7.98. The van der Waals surface area contributed by atoms with Crippen LogP contribution in [0.15, 0.2) is 42.7 Å². The average Bonchev–Trinajstić information content (AvgIpc) is 2.48. The summed E-state index contributed by atoms with van der Waals surface area (Å²) in [5, 5.41) is 9.89. The first kappa shape index (κ1) is 18.5.